The number of morpholine rings is 1. The van der Waals surface area contributed by atoms with Crippen LogP contribution in [0, 0.1) is 0 Å². The lowest BCUT2D eigenvalue weighted by Gasteiger charge is -2.30. The minimum atomic E-state index is -3.33. The molecule has 1 saturated heterocycles. The maximum Gasteiger partial charge on any atom is 0.253 e. The highest BCUT2D eigenvalue weighted by Crippen LogP contribution is 2.18. The van der Waals surface area contributed by atoms with Crippen molar-refractivity contribution in [1.29, 1.82) is 0 Å². The zero-order valence-electron chi connectivity index (χ0n) is 18.1. The van der Waals surface area contributed by atoms with Gasteiger partial charge in [-0.15, -0.1) is 0 Å². The number of rotatable bonds is 11. The first-order chi connectivity index (χ1) is 13.9. The smallest absolute Gasteiger partial charge is 0.253 e. The second-order valence-corrected chi connectivity index (χ2v) is 10.4. The Balaban J connectivity index is 2.05. The number of unbranched alkanes of at least 4 members (excludes halogenated alkanes) is 3. The fourth-order valence-electron chi connectivity index (χ4n) is 3.37. The van der Waals surface area contributed by atoms with Crippen LogP contribution in [0.4, 0.5) is 0 Å². The van der Waals surface area contributed by atoms with E-state index in [9.17, 15) is 13.2 Å². The Morgan fingerprint density at radius 3 is 2.31 bits per heavy atom. The van der Waals surface area contributed by atoms with Gasteiger partial charge in [0, 0.05) is 38.3 Å². The van der Waals surface area contributed by atoms with Crippen molar-refractivity contribution in [2.75, 3.05) is 45.9 Å². The molecule has 1 aliphatic rings. The van der Waals surface area contributed by atoms with Gasteiger partial charge in [-0.25, -0.2) is 8.42 Å². The molecule has 0 N–H and O–H groups in total. The molecule has 0 atom stereocenters. The highest BCUT2D eigenvalue weighted by molar-refractivity contribution is 7.92. The van der Waals surface area contributed by atoms with Crippen LogP contribution in [0.5, 0.6) is 0 Å². The third-order valence-corrected chi connectivity index (χ3v) is 7.58. The van der Waals surface area contributed by atoms with Crippen LogP contribution in [0.15, 0.2) is 29.2 Å². The topological polar surface area (TPSA) is 66.9 Å². The number of hydrogen-bond acceptors (Lipinski definition) is 5. The largest absolute Gasteiger partial charge is 0.379 e. The zero-order valence-corrected chi connectivity index (χ0v) is 18.9. The predicted molar refractivity (Wildman–Crippen MR) is 116 cm³/mol. The van der Waals surface area contributed by atoms with Crippen LogP contribution in [0.1, 0.15) is 56.8 Å². The summed E-state index contributed by atoms with van der Waals surface area (Å²) in [5.74, 6) is -0.0248. The summed E-state index contributed by atoms with van der Waals surface area (Å²) >= 11 is 0. The molecule has 1 aliphatic heterocycles. The van der Waals surface area contributed by atoms with E-state index in [0.29, 0.717) is 12.1 Å². The highest BCUT2D eigenvalue weighted by Gasteiger charge is 2.21. The number of nitrogens with zero attached hydrogens (tertiary/aromatic N) is 2. The molecule has 0 bridgehead atoms. The van der Waals surface area contributed by atoms with Gasteiger partial charge in [0.15, 0.2) is 9.84 Å². The van der Waals surface area contributed by atoms with Crippen LogP contribution in [-0.4, -0.2) is 75.3 Å². The molecule has 0 aliphatic carbocycles. The quantitative estimate of drug-likeness (QED) is 0.510. The molecule has 1 amide bonds. The van der Waals surface area contributed by atoms with Crippen LogP contribution in [0.3, 0.4) is 0 Å². The van der Waals surface area contributed by atoms with Gasteiger partial charge >= 0.3 is 0 Å². The number of benzene rings is 1. The number of amides is 1. The van der Waals surface area contributed by atoms with E-state index in [4.69, 9.17) is 4.74 Å². The Hall–Kier alpha value is -1.44. The summed E-state index contributed by atoms with van der Waals surface area (Å²) in [4.78, 5) is 17.6. The van der Waals surface area contributed by atoms with Crippen molar-refractivity contribution in [3.8, 4) is 0 Å². The van der Waals surface area contributed by atoms with Gasteiger partial charge in [-0.1, -0.05) is 26.2 Å². The Morgan fingerprint density at radius 2 is 1.72 bits per heavy atom. The molecule has 6 nitrogen and oxygen atoms in total. The lowest BCUT2D eigenvalue weighted by Crippen LogP contribution is -2.43. The van der Waals surface area contributed by atoms with Gasteiger partial charge < -0.3 is 9.64 Å². The van der Waals surface area contributed by atoms with Crippen molar-refractivity contribution in [1.82, 2.24) is 9.80 Å². The van der Waals surface area contributed by atoms with Gasteiger partial charge in [-0.3, -0.25) is 9.69 Å². The summed E-state index contributed by atoms with van der Waals surface area (Å²) in [5, 5.41) is -0.479. The maximum atomic E-state index is 13.1. The van der Waals surface area contributed by atoms with Crippen LogP contribution < -0.4 is 0 Å². The summed E-state index contributed by atoms with van der Waals surface area (Å²) in [6.45, 7) is 11.0. The second-order valence-electron chi connectivity index (χ2n) is 7.93. The lowest BCUT2D eigenvalue weighted by molar-refractivity contribution is 0.0324. The van der Waals surface area contributed by atoms with Gasteiger partial charge in [-0.05, 0) is 44.5 Å². The Labute approximate surface area is 176 Å². The van der Waals surface area contributed by atoms with E-state index in [1.165, 1.54) is 6.42 Å². The summed E-state index contributed by atoms with van der Waals surface area (Å²) in [7, 11) is -3.33. The standard InChI is InChI=1S/C22H36N2O4S/c1-4-5-6-7-12-24(14-13-23-15-17-28-18-16-23)22(25)20-8-10-21(11-9-20)29(26,27)19(2)3/h8-11,19H,4-7,12-18H2,1-3H3. The van der Waals surface area contributed by atoms with Gasteiger partial charge in [0.05, 0.1) is 23.4 Å². The van der Waals surface area contributed by atoms with Crippen molar-refractivity contribution in [3.63, 3.8) is 0 Å². The molecule has 1 heterocycles. The van der Waals surface area contributed by atoms with E-state index in [2.05, 4.69) is 11.8 Å². The fourth-order valence-corrected chi connectivity index (χ4v) is 4.43. The minimum Gasteiger partial charge on any atom is -0.379 e. The molecule has 0 unspecified atom stereocenters. The molecule has 29 heavy (non-hydrogen) atoms. The van der Waals surface area contributed by atoms with E-state index in [1.807, 2.05) is 4.90 Å². The van der Waals surface area contributed by atoms with E-state index in [1.54, 1.807) is 38.1 Å². The molecular weight excluding hydrogens is 388 g/mol. The average Bonchev–Trinajstić information content (AvgIpc) is 2.73. The SMILES string of the molecule is CCCCCCN(CCN1CCOCC1)C(=O)c1ccc(S(=O)(=O)C(C)C)cc1. The minimum absolute atomic E-state index is 0.0248. The molecule has 0 spiro atoms. The van der Waals surface area contributed by atoms with Crippen LogP contribution in [0.25, 0.3) is 0 Å². The van der Waals surface area contributed by atoms with Gasteiger partial charge in [0.1, 0.15) is 0 Å². The molecule has 7 heteroatoms. The Morgan fingerprint density at radius 1 is 1.07 bits per heavy atom. The molecule has 0 aromatic heterocycles. The van der Waals surface area contributed by atoms with Crippen molar-refractivity contribution < 1.29 is 17.9 Å². The van der Waals surface area contributed by atoms with Crippen molar-refractivity contribution >= 4 is 15.7 Å². The van der Waals surface area contributed by atoms with Gasteiger partial charge in [0.25, 0.3) is 5.91 Å². The van der Waals surface area contributed by atoms with Crippen LogP contribution >= 0.6 is 0 Å². The fraction of sp³-hybridized carbons (Fsp3) is 0.682. The van der Waals surface area contributed by atoms with Crippen molar-refractivity contribution in [2.24, 2.45) is 0 Å². The van der Waals surface area contributed by atoms with E-state index >= 15 is 0 Å². The molecule has 1 aromatic rings. The average molecular weight is 425 g/mol. The number of carbonyl (C=O) groups excluding carboxylic acids is 1. The lowest BCUT2D eigenvalue weighted by atomic mass is 10.1. The Kier molecular flexibility index (Phi) is 9.59. The molecule has 1 fully saturated rings. The summed E-state index contributed by atoms with van der Waals surface area (Å²) in [5.41, 5.74) is 0.546. The monoisotopic (exact) mass is 424 g/mol. The second kappa shape index (κ2) is 11.7. The molecular formula is C22H36N2O4S. The zero-order chi connectivity index (χ0) is 21.3. The van der Waals surface area contributed by atoms with Gasteiger partial charge in [-0.2, -0.15) is 0 Å². The molecule has 164 valence electrons. The first kappa shape index (κ1) is 23.8. The van der Waals surface area contributed by atoms with E-state index in [0.717, 1.165) is 58.7 Å². The third kappa shape index (κ3) is 7.08. The number of carbonyl (C=O) groups is 1. The number of hydrogen-bond donors (Lipinski definition) is 0. The van der Waals surface area contributed by atoms with E-state index < -0.39 is 15.1 Å². The Bertz CT molecular complexity index is 726. The third-order valence-electron chi connectivity index (χ3n) is 5.41. The van der Waals surface area contributed by atoms with Crippen molar-refractivity contribution in [3.05, 3.63) is 29.8 Å². The van der Waals surface area contributed by atoms with Crippen molar-refractivity contribution in [2.45, 2.75) is 56.6 Å². The first-order valence-corrected chi connectivity index (χ1v) is 12.3. The van der Waals surface area contributed by atoms with E-state index in [-0.39, 0.29) is 10.8 Å². The summed E-state index contributed by atoms with van der Waals surface area (Å²) in [6, 6.07) is 6.40. The molecule has 1 aromatic carbocycles. The first-order valence-electron chi connectivity index (χ1n) is 10.8. The predicted octanol–water partition coefficient (Wildman–Crippen LogP) is 3.22. The summed E-state index contributed by atoms with van der Waals surface area (Å²) < 4.78 is 30.0. The maximum absolute atomic E-state index is 13.1. The summed E-state index contributed by atoms with van der Waals surface area (Å²) in [6.07, 6.45) is 4.44. The molecule has 2 rings (SSSR count). The molecule has 0 saturated carbocycles. The van der Waals surface area contributed by atoms with Crippen LogP contribution in [0.2, 0.25) is 0 Å². The van der Waals surface area contributed by atoms with Crippen LogP contribution in [-0.2, 0) is 14.6 Å². The normalized spacial score (nSPS) is 15.6. The highest BCUT2D eigenvalue weighted by atomic mass is 32.2. The van der Waals surface area contributed by atoms with Gasteiger partial charge in [0.2, 0.25) is 0 Å². The number of sulfone groups is 1. The number of ether oxygens (including phenoxy) is 1. The molecule has 0 radical (unpaired) electrons.